The summed E-state index contributed by atoms with van der Waals surface area (Å²) in [5, 5.41) is 2.88. The van der Waals surface area contributed by atoms with Crippen LogP contribution in [0, 0.1) is 11.8 Å². The number of urea groups is 1. The molecule has 0 bridgehead atoms. The molecule has 3 atom stereocenters. The van der Waals surface area contributed by atoms with Crippen molar-refractivity contribution in [1.82, 2.24) is 15.1 Å². The van der Waals surface area contributed by atoms with Crippen molar-refractivity contribution in [2.24, 2.45) is 11.8 Å². The number of likely N-dealkylation sites (tertiary alicyclic amines) is 1. The number of hydrogen-bond donors (Lipinski definition) is 1. The first-order valence-electron chi connectivity index (χ1n) is 9.84. The summed E-state index contributed by atoms with van der Waals surface area (Å²) in [5.41, 5.74) is -0.309. The number of hydrogen-bond acceptors (Lipinski definition) is 3. The van der Waals surface area contributed by atoms with Crippen LogP contribution in [0.2, 0.25) is 0 Å². The summed E-state index contributed by atoms with van der Waals surface area (Å²) in [6, 6.07) is 8.82. The summed E-state index contributed by atoms with van der Waals surface area (Å²) >= 11 is 0. The molecule has 0 saturated carbocycles. The Bertz CT molecular complexity index is 711. The van der Waals surface area contributed by atoms with Gasteiger partial charge in [0.05, 0.1) is 0 Å². The summed E-state index contributed by atoms with van der Waals surface area (Å²) in [4.78, 5) is 41.5. The number of imide groups is 1. The average molecular weight is 371 g/mol. The second-order valence-electron chi connectivity index (χ2n) is 8.09. The van der Waals surface area contributed by atoms with Crippen LogP contribution in [-0.4, -0.2) is 47.3 Å². The SMILES string of the molecule is CCC[C@@]1(c2ccccc2)NC(=O)N(CC(=O)N2C[C@H](C)C[C@H](C)C2)C1=O. The van der Waals surface area contributed by atoms with Crippen molar-refractivity contribution < 1.29 is 14.4 Å². The fourth-order valence-corrected chi connectivity index (χ4v) is 4.48. The maximum atomic E-state index is 13.2. The second-order valence-corrected chi connectivity index (χ2v) is 8.09. The quantitative estimate of drug-likeness (QED) is 0.809. The molecule has 2 aliphatic heterocycles. The van der Waals surface area contributed by atoms with Crippen molar-refractivity contribution in [2.75, 3.05) is 19.6 Å². The third-order valence-corrected chi connectivity index (χ3v) is 5.58. The van der Waals surface area contributed by atoms with E-state index in [4.69, 9.17) is 0 Å². The van der Waals surface area contributed by atoms with E-state index >= 15 is 0 Å². The van der Waals surface area contributed by atoms with Crippen molar-refractivity contribution >= 4 is 17.8 Å². The molecule has 1 N–H and O–H groups in total. The minimum Gasteiger partial charge on any atom is -0.341 e. The van der Waals surface area contributed by atoms with Gasteiger partial charge in [-0.25, -0.2) is 4.79 Å². The van der Waals surface area contributed by atoms with Gasteiger partial charge >= 0.3 is 6.03 Å². The minimum absolute atomic E-state index is 0.155. The van der Waals surface area contributed by atoms with Gasteiger partial charge in [-0.3, -0.25) is 14.5 Å². The summed E-state index contributed by atoms with van der Waals surface area (Å²) in [6.07, 6.45) is 2.34. The van der Waals surface area contributed by atoms with Gasteiger partial charge in [0.2, 0.25) is 5.91 Å². The van der Waals surface area contributed by atoms with Crippen molar-refractivity contribution in [3.63, 3.8) is 0 Å². The largest absolute Gasteiger partial charge is 0.341 e. The first kappa shape index (κ1) is 19.4. The van der Waals surface area contributed by atoms with Crippen molar-refractivity contribution in [2.45, 2.75) is 45.6 Å². The molecule has 0 aromatic heterocycles. The molecule has 0 radical (unpaired) electrons. The van der Waals surface area contributed by atoms with E-state index in [2.05, 4.69) is 19.2 Å². The van der Waals surface area contributed by atoms with Crippen molar-refractivity contribution in [1.29, 1.82) is 0 Å². The van der Waals surface area contributed by atoms with Crippen LogP contribution in [0.3, 0.4) is 0 Å². The van der Waals surface area contributed by atoms with Gasteiger partial charge in [0, 0.05) is 13.1 Å². The van der Waals surface area contributed by atoms with E-state index in [-0.39, 0.29) is 18.4 Å². The van der Waals surface area contributed by atoms with Gasteiger partial charge < -0.3 is 10.2 Å². The van der Waals surface area contributed by atoms with E-state index in [1.807, 2.05) is 37.3 Å². The summed E-state index contributed by atoms with van der Waals surface area (Å²) in [5.74, 6) is 0.387. The van der Waals surface area contributed by atoms with E-state index in [1.54, 1.807) is 4.90 Å². The van der Waals surface area contributed by atoms with Gasteiger partial charge in [0.25, 0.3) is 5.91 Å². The monoisotopic (exact) mass is 371 g/mol. The van der Waals surface area contributed by atoms with Gasteiger partial charge in [0.1, 0.15) is 12.1 Å². The highest BCUT2D eigenvalue weighted by Crippen LogP contribution is 2.33. The first-order valence-corrected chi connectivity index (χ1v) is 9.84. The molecule has 1 aromatic carbocycles. The number of amides is 4. The van der Waals surface area contributed by atoms with Gasteiger partial charge in [-0.15, -0.1) is 0 Å². The molecule has 2 fully saturated rings. The molecular weight excluding hydrogens is 342 g/mol. The molecule has 4 amide bonds. The van der Waals surface area contributed by atoms with Gasteiger partial charge in [-0.2, -0.15) is 0 Å². The van der Waals surface area contributed by atoms with Crippen LogP contribution in [0.25, 0.3) is 0 Å². The van der Waals surface area contributed by atoms with Crippen LogP contribution in [0.5, 0.6) is 0 Å². The van der Waals surface area contributed by atoms with Gasteiger partial charge in [-0.05, 0) is 30.2 Å². The normalized spacial score (nSPS) is 28.4. The van der Waals surface area contributed by atoms with E-state index in [9.17, 15) is 14.4 Å². The lowest BCUT2D eigenvalue weighted by molar-refractivity contribution is -0.140. The molecular formula is C21H29N3O3. The zero-order valence-electron chi connectivity index (χ0n) is 16.4. The molecule has 0 unspecified atom stereocenters. The maximum absolute atomic E-state index is 13.2. The zero-order valence-corrected chi connectivity index (χ0v) is 16.4. The molecule has 146 valence electrons. The van der Waals surface area contributed by atoms with Crippen LogP contribution >= 0.6 is 0 Å². The molecule has 0 spiro atoms. The number of piperidine rings is 1. The van der Waals surface area contributed by atoms with Gasteiger partial charge in [-0.1, -0.05) is 57.5 Å². The lowest BCUT2D eigenvalue weighted by Gasteiger charge is -2.35. The number of carbonyl (C=O) groups excluding carboxylic acids is 3. The Kier molecular flexibility index (Phi) is 5.53. The molecule has 0 aliphatic carbocycles. The van der Waals surface area contributed by atoms with Crippen LogP contribution in [-0.2, 0) is 15.1 Å². The van der Waals surface area contributed by atoms with E-state index in [1.165, 1.54) is 0 Å². The highest BCUT2D eigenvalue weighted by molar-refractivity contribution is 6.09. The molecule has 6 nitrogen and oxygen atoms in total. The van der Waals surface area contributed by atoms with E-state index in [0.717, 1.165) is 23.3 Å². The Balaban J connectivity index is 1.80. The Morgan fingerprint density at radius 1 is 1.15 bits per heavy atom. The molecule has 2 saturated heterocycles. The molecule has 1 aromatic rings. The second kappa shape index (κ2) is 7.71. The molecule has 3 rings (SSSR count). The summed E-state index contributed by atoms with van der Waals surface area (Å²) in [7, 11) is 0. The standard InChI is InChI=1S/C21H29N3O3/c1-4-10-21(17-8-6-5-7-9-17)19(26)24(20(27)22-21)14-18(25)23-12-15(2)11-16(3)13-23/h5-9,15-16H,4,10-14H2,1-3H3,(H,22,27)/t15-,16+,21-/m0/s1. The lowest BCUT2D eigenvalue weighted by Crippen LogP contribution is -2.49. The van der Waals surface area contributed by atoms with Crippen LogP contribution in [0.4, 0.5) is 4.79 Å². The third-order valence-electron chi connectivity index (χ3n) is 5.58. The minimum atomic E-state index is -1.07. The fraction of sp³-hybridized carbons (Fsp3) is 0.571. The third kappa shape index (κ3) is 3.70. The number of nitrogens with one attached hydrogen (secondary N) is 1. The Morgan fingerprint density at radius 2 is 1.78 bits per heavy atom. The Labute approximate surface area is 160 Å². The van der Waals surface area contributed by atoms with E-state index in [0.29, 0.717) is 31.3 Å². The molecule has 6 heteroatoms. The first-order chi connectivity index (χ1) is 12.9. The van der Waals surface area contributed by atoms with Crippen LogP contribution in [0.15, 0.2) is 30.3 Å². The highest BCUT2D eigenvalue weighted by atomic mass is 16.2. The highest BCUT2D eigenvalue weighted by Gasteiger charge is 2.52. The molecule has 2 aliphatic rings. The molecule has 27 heavy (non-hydrogen) atoms. The zero-order chi connectivity index (χ0) is 19.6. The van der Waals surface area contributed by atoms with Crippen molar-refractivity contribution in [3.8, 4) is 0 Å². The number of carbonyl (C=O) groups is 3. The molecule has 2 heterocycles. The fourth-order valence-electron chi connectivity index (χ4n) is 4.48. The predicted molar refractivity (Wildman–Crippen MR) is 103 cm³/mol. The number of benzene rings is 1. The van der Waals surface area contributed by atoms with Crippen molar-refractivity contribution in [3.05, 3.63) is 35.9 Å². The predicted octanol–water partition coefficient (Wildman–Crippen LogP) is 2.74. The average Bonchev–Trinajstić information content (AvgIpc) is 2.87. The Hall–Kier alpha value is -2.37. The maximum Gasteiger partial charge on any atom is 0.325 e. The topological polar surface area (TPSA) is 69.7 Å². The van der Waals surface area contributed by atoms with Gasteiger partial charge in [0.15, 0.2) is 0 Å². The van der Waals surface area contributed by atoms with Crippen LogP contribution in [0.1, 0.15) is 45.6 Å². The van der Waals surface area contributed by atoms with Crippen LogP contribution < -0.4 is 5.32 Å². The number of nitrogens with zero attached hydrogens (tertiary/aromatic N) is 2. The smallest absolute Gasteiger partial charge is 0.325 e. The Morgan fingerprint density at radius 3 is 2.37 bits per heavy atom. The summed E-state index contributed by atoms with van der Waals surface area (Å²) < 4.78 is 0. The van der Waals surface area contributed by atoms with E-state index < -0.39 is 11.6 Å². The summed E-state index contributed by atoms with van der Waals surface area (Å²) in [6.45, 7) is 7.42. The lowest BCUT2D eigenvalue weighted by atomic mass is 9.85. The number of rotatable bonds is 5.